The molecule has 4 saturated carbocycles. The Morgan fingerprint density at radius 2 is 1.63 bits per heavy atom. The summed E-state index contributed by atoms with van der Waals surface area (Å²) in [4.78, 5) is 17.2. The van der Waals surface area contributed by atoms with E-state index in [1.807, 2.05) is 48.5 Å². The molecule has 2 heterocycles. The number of hydrogen-bond donors (Lipinski definition) is 4. The number of nitrogens with zero attached hydrogens (tertiary/aromatic N) is 2. The Bertz CT molecular complexity index is 1350. The van der Waals surface area contributed by atoms with Crippen LogP contribution in [0.1, 0.15) is 80.1 Å². The molecule has 228 valence electrons. The molecule has 3 aromatic rings. The highest BCUT2D eigenvalue weighted by atomic mass is 32.2. The van der Waals surface area contributed by atoms with E-state index < -0.39 is 6.29 Å². The van der Waals surface area contributed by atoms with Gasteiger partial charge in [0.25, 0.3) is 0 Å². The maximum absolute atomic E-state index is 13.0. The normalized spacial score (nSPS) is 32.9. The van der Waals surface area contributed by atoms with E-state index in [2.05, 4.69) is 32.7 Å². The molecule has 2 aromatic carbocycles. The maximum atomic E-state index is 13.0. The van der Waals surface area contributed by atoms with E-state index in [9.17, 15) is 9.90 Å². The van der Waals surface area contributed by atoms with Crippen molar-refractivity contribution in [1.82, 2.24) is 25.8 Å². The van der Waals surface area contributed by atoms with Crippen LogP contribution in [-0.2, 0) is 22.6 Å². The van der Waals surface area contributed by atoms with Gasteiger partial charge in [0.15, 0.2) is 11.4 Å². The number of H-pyrrole nitrogens is 1. The molecule has 0 unspecified atom stereocenters. The van der Waals surface area contributed by atoms with E-state index in [1.165, 1.54) is 25.6 Å². The van der Waals surface area contributed by atoms with Crippen molar-refractivity contribution in [3.63, 3.8) is 0 Å². The molecule has 10 heteroatoms. The van der Waals surface area contributed by atoms with Crippen molar-refractivity contribution in [2.45, 2.75) is 87.8 Å². The lowest BCUT2D eigenvalue weighted by Gasteiger charge is -2.56. The summed E-state index contributed by atoms with van der Waals surface area (Å²) in [6.45, 7) is 2.63. The van der Waals surface area contributed by atoms with Crippen molar-refractivity contribution >= 4 is 17.8 Å². The highest BCUT2D eigenvalue weighted by molar-refractivity contribution is 7.99. The highest BCUT2D eigenvalue weighted by Crippen LogP contribution is 2.55. The summed E-state index contributed by atoms with van der Waals surface area (Å²) in [5.74, 6) is 3.17. The first-order valence-electron chi connectivity index (χ1n) is 15.6. The maximum Gasteiger partial charge on any atom is 0.315 e. The second kappa shape index (κ2) is 12.2. The minimum atomic E-state index is -0.541. The Morgan fingerprint density at radius 1 is 0.977 bits per heavy atom. The lowest BCUT2D eigenvalue weighted by Crippen LogP contribution is -2.61. The van der Waals surface area contributed by atoms with E-state index in [-0.39, 0.29) is 36.3 Å². The monoisotopic (exact) mass is 603 g/mol. The smallest absolute Gasteiger partial charge is 0.315 e. The van der Waals surface area contributed by atoms with Gasteiger partial charge in [0.05, 0.1) is 18.8 Å². The first-order valence-corrected chi connectivity index (χ1v) is 16.6. The highest BCUT2D eigenvalue weighted by Gasteiger charge is 2.51. The van der Waals surface area contributed by atoms with Gasteiger partial charge < -0.3 is 25.2 Å². The second-order valence-corrected chi connectivity index (χ2v) is 14.2. The molecule has 4 bridgehead atoms. The number of amides is 2. The van der Waals surface area contributed by atoms with Gasteiger partial charge in [-0.05, 0) is 73.0 Å². The Balaban J connectivity index is 0.998. The van der Waals surface area contributed by atoms with E-state index in [4.69, 9.17) is 9.47 Å². The third-order valence-electron chi connectivity index (χ3n) is 10.0. The average molecular weight is 604 g/mol. The third-order valence-corrected chi connectivity index (χ3v) is 11.0. The van der Waals surface area contributed by atoms with Gasteiger partial charge in [0, 0.05) is 29.3 Å². The van der Waals surface area contributed by atoms with Crippen LogP contribution >= 0.6 is 11.8 Å². The molecule has 4 N–H and O–H groups in total. The predicted octanol–water partition coefficient (Wildman–Crippen LogP) is 5.65. The molecule has 4 aliphatic carbocycles. The molecule has 1 saturated heterocycles. The van der Waals surface area contributed by atoms with Crippen LogP contribution in [-0.4, -0.2) is 43.7 Å². The lowest BCUT2D eigenvalue weighted by atomic mass is 9.53. The molecule has 9 nitrogen and oxygen atoms in total. The van der Waals surface area contributed by atoms with Crippen LogP contribution in [0, 0.1) is 23.7 Å². The zero-order valence-electron chi connectivity index (χ0n) is 24.6. The van der Waals surface area contributed by atoms with Gasteiger partial charge in [0.2, 0.25) is 0 Å². The van der Waals surface area contributed by atoms with Gasteiger partial charge in [0.1, 0.15) is 6.33 Å². The Kier molecular flexibility index (Phi) is 8.20. The van der Waals surface area contributed by atoms with Gasteiger partial charge in [-0.2, -0.15) is 5.10 Å². The van der Waals surface area contributed by atoms with E-state index >= 15 is 0 Å². The van der Waals surface area contributed by atoms with Gasteiger partial charge in [-0.25, -0.2) is 9.78 Å². The largest absolute Gasteiger partial charge is 0.392 e. The number of aliphatic hydroxyl groups is 1. The number of aliphatic hydroxyl groups excluding tert-OH is 1. The lowest BCUT2D eigenvalue weighted by molar-refractivity contribution is -0.268. The quantitative estimate of drug-likeness (QED) is 0.233. The number of carbonyl (C=O) groups is 1. The molecule has 1 aliphatic heterocycles. The number of thioether (sulfide) groups is 1. The Labute approximate surface area is 256 Å². The van der Waals surface area contributed by atoms with E-state index in [1.54, 1.807) is 11.8 Å². The fraction of sp³-hybridized carbons (Fsp3) is 0.545. The van der Waals surface area contributed by atoms with Gasteiger partial charge in [-0.1, -0.05) is 67.2 Å². The summed E-state index contributed by atoms with van der Waals surface area (Å²) in [5, 5.41) is 23.6. The first-order chi connectivity index (χ1) is 20.9. The number of urea groups is 1. The van der Waals surface area contributed by atoms with Crippen molar-refractivity contribution < 1.29 is 19.4 Å². The van der Waals surface area contributed by atoms with Crippen molar-refractivity contribution in [2.24, 2.45) is 23.7 Å². The summed E-state index contributed by atoms with van der Waals surface area (Å²) in [5.41, 5.74) is 3.89. The molecule has 5 fully saturated rings. The Morgan fingerprint density at radius 3 is 2.26 bits per heavy atom. The molecular weight excluding hydrogens is 562 g/mol. The molecule has 1 aromatic heterocycles. The van der Waals surface area contributed by atoms with Gasteiger partial charge >= 0.3 is 6.03 Å². The van der Waals surface area contributed by atoms with Crippen molar-refractivity contribution in [2.75, 3.05) is 5.75 Å². The van der Waals surface area contributed by atoms with Crippen LogP contribution in [0.2, 0.25) is 0 Å². The number of ether oxygens (including phenoxy) is 2. The number of carbonyl (C=O) groups excluding carboxylic acids is 1. The van der Waals surface area contributed by atoms with Crippen LogP contribution in [0.15, 0.2) is 60.0 Å². The molecule has 43 heavy (non-hydrogen) atoms. The number of rotatable bonds is 9. The van der Waals surface area contributed by atoms with E-state index in [0.717, 1.165) is 64.4 Å². The summed E-state index contributed by atoms with van der Waals surface area (Å²) in [6.07, 6.45) is 8.21. The first kappa shape index (κ1) is 28.8. The molecule has 0 radical (unpaired) electrons. The van der Waals surface area contributed by atoms with Gasteiger partial charge in [-0.3, -0.25) is 5.10 Å². The van der Waals surface area contributed by atoms with Crippen molar-refractivity contribution in [1.29, 1.82) is 0 Å². The van der Waals surface area contributed by atoms with Gasteiger partial charge in [-0.15, -0.1) is 0 Å². The Hall–Kier alpha value is -2.92. The second-order valence-electron chi connectivity index (χ2n) is 13.2. The number of benzene rings is 2. The molecular formula is C33H41N5O4S. The minimum absolute atomic E-state index is 0.00667. The molecule has 5 aliphatic rings. The topological polar surface area (TPSA) is 121 Å². The van der Waals surface area contributed by atoms with Crippen molar-refractivity contribution in [3.05, 3.63) is 77.1 Å². The summed E-state index contributed by atoms with van der Waals surface area (Å²) in [6, 6.07) is 16.0. The number of nitrogens with one attached hydrogen (secondary N) is 3. The number of hydrogen-bond acceptors (Lipinski definition) is 7. The fourth-order valence-electron chi connectivity index (χ4n) is 8.26. The SMILES string of the molecule is C[C@@H]1[C@H](CSc2ncn[nH]2)O[C@H](c2ccc(CNC(=O)NC34CC5CC(CC(C5)C3)C4)cc2)O[C@@H]1c1ccc(CO)cc1. The van der Waals surface area contributed by atoms with Crippen LogP contribution in [0.25, 0.3) is 0 Å². The standard InChI is InChI=1S/C33H41N5O4S/c1-20-28(18-43-32-35-19-36-38-32)41-30(42-29(20)26-6-4-22(17-39)5-7-26)27-8-2-21(3-9-27)16-34-31(40)37-33-13-23-10-24(14-33)12-25(11-23)15-33/h2-9,19-20,23-25,28-30,39H,10-18H2,1H3,(H2,34,37,40)(H,35,36,38)/t20-,23?,24?,25?,28+,29+,30+,33?/m1/s1. The average Bonchev–Trinajstić information content (AvgIpc) is 3.53. The summed E-state index contributed by atoms with van der Waals surface area (Å²) >= 11 is 1.58. The number of aromatic nitrogens is 3. The fourth-order valence-corrected chi connectivity index (χ4v) is 9.20. The minimum Gasteiger partial charge on any atom is -0.392 e. The predicted molar refractivity (Wildman–Crippen MR) is 163 cm³/mol. The van der Waals surface area contributed by atoms with Crippen LogP contribution < -0.4 is 10.6 Å². The number of aromatic amines is 1. The molecule has 4 atom stereocenters. The third kappa shape index (κ3) is 6.34. The summed E-state index contributed by atoms with van der Waals surface area (Å²) in [7, 11) is 0. The molecule has 2 amide bonds. The zero-order valence-corrected chi connectivity index (χ0v) is 25.4. The van der Waals surface area contributed by atoms with Crippen LogP contribution in [0.3, 0.4) is 0 Å². The van der Waals surface area contributed by atoms with E-state index in [0.29, 0.717) is 12.3 Å². The zero-order chi connectivity index (χ0) is 29.4. The van der Waals surface area contributed by atoms with Crippen molar-refractivity contribution in [3.8, 4) is 0 Å². The molecule has 8 rings (SSSR count). The summed E-state index contributed by atoms with van der Waals surface area (Å²) < 4.78 is 13.1. The van der Waals surface area contributed by atoms with Crippen LogP contribution in [0.5, 0.6) is 0 Å². The van der Waals surface area contributed by atoms with Crippen LogP contribution in [0.4, 0.5) is 4.79 Å². The molecule has 0 spiro atoms.